The molecule has 0 saturated carbocycles. The highest BCUT2D eigenvalue weighted by Crippen LogP contribution is 2.33. The number of para-hydroxylation sites is 1. The van der Waals surface area contributed by atoms with Crippen molar-refractivity contribution in [2.45, 2.75) is 0 Å². The number of hydrogen-bond donors (Lipinski definition) is 1. The van der Waals surface area contributed by atoms with Gasteiger partial charge in [-0.05, 0) is 17.5 Å². The molecule has 3 aromatic heterocycles. The van der Waals surface area contributed by atoms with Gasteiger partial charge in [-0.25, -0.2) is 14.8 Å². The number of carbonyl (C=O) groups is 2. The van der Waals surface area contributed by atoms with Gasteiger partial charge in [0.2, 0.25) is 5.78 Å². The summed E-state index contributed by atoms with van der Waals surface area (Å²) in [5.41, 5.74) is 2.53. The first-order chi connectivity index (χ1) is 14.7. The van der Waals surface area contributed by atoms with Crippen LogP contribution in [0, 0.1) is 0 Å². The number of aromatic nitrogens is 4. The molecule has 1 aromatic carbocycles. The summed E-state index contributed by atoms with van der Waals surface area (Å²) in [6.07, 6.45) is 7.45. The summed E-state index contributed by atoms with van der Waals surface area (Å²) < 4.78 is 5.20. The van der Waals surface area contributed by atoms with Gasteiger partial charge < -0.3 is 10.1 Å². The zero-order chi connectivity index (χ0) is 20.5. The third-order valence-electron chi connectivity index (χ3n) is 4.80. The van der Waals surface area contributed by atoms with E-state index in [9.17, 15) is 9.59 Å². The van der Waals surface area contributed by atoms with Crippen molar-refractivity contribution in [1.82, 2.24) is 25.3 Å². The van der Waals surface area contributed by atoms with Gasteiger partial charge in [0, 0.05) is 42.0 Å². The lowest BCUT2D eigenvalue weighted by Gasteiger charge is -2.18. The second kappa shape index (κ2) is 7.32. The van der Waals surface area contributed by atoms with E-state index in [1.165, 1.54) is 24.7 Å². The summed E-state index contributed by atoms with van der Waals surface area (Å²) in [5.74, 6) is -0.745. The Hall–Kier alpha value is -4.20. The molecule has 8 heteroatoms. The Kier molecular flexibility index (Phi) is 4.36. The number of hydrogen-bond acceptors (Lipinski definition) is 8. The van der Waals surface area contributed by atoms with Gasteiger partial charge in [0.15, 0.2) is 5.69 Å². The zero-order valence-corrected chi connectivity index (χ0v) is 15.7. The summed E-state index contributed by atoms with van der Waals surface area (Å²) in [5, 5.41) is 5.76. The zero-order valence-electron chi connectivity index (χ0n) is 15.7. The van der Waals surface area contributed by atoms with E-state index in [0.29, 0.717) is 23.6 Å². The van der Waals surface area contributed by atoms with Crippen LogP contribution in [-0.2, 0) is 4.74 Å². The lowest BCUT2D eigenvalue weighted by molar-refractivity contribution is 0.0504. The molecule has 1 aliphatic rings. The number of pyridine rings is 2. The standard InChI is InChI=1S/C22H15N5O3/c28-18-11-16(25-9-10-30-22(29)17-12-23-7-8-24-17)20-19-14(5-6-26-20)13-3-1-2-4-15(13)27-21(18)19/h1-8,11-12,25H,9-10H2. The maximum Gasteiger partial charge on any atom is 0.358 e. The highest BCUT2D eigenvalue weighted by molar-refractivity contribution is 6.24. The fourth-order valence-corrected chi connectivity index (χ4v) is 3.49. The lowest BCUT2D eigenvalue weighted by Crippen LogP contribution is -2.24. The molecule has 0 fully saturated rings. The summed E-state index contributed by atoms with van der Waals surface area (Å²) in [4.78, 5) is 41.5. The Morgan fingerprint density at radius 2 is 1.90 bits per heavy atom. The molecule has 0 bridgehead atoms. The molecule has 0 radical (unpaired) electrons. The van der Waals surface area contributed by atoms with Crippen LogP contribution in [0.2, 0.25) is 0 Å². The maximum absolute atomic E-state index is 12.7. The minimum absolute atomic E-state index is 0.0970. The van der Waals surface area contributed by atoms with E-state index in [0.717, 1.165) is 21.7 Å². The van der Waals surface area contributed by atoms with Gasteiger partial charge in [0.1, 0.15) is 12.3 Å². The average molecular weight is 397 g/mol. The first-order valence-corrected chi connectivity index (χ1v) is 9.33. The highest BCUT2D eigenvalue weighted by Gasteiger charge is 2.24. The fraction of sp³-hybridized carbons (Fsp3) is 0.0909. The summed E-state index contributed by atoms with van der Waals surface area (Å²) in [7, 11) is 0. The maximum atomic E-state index is 12.7. The van der Waals surface area contributed by atoms with Crippen LogP contribution in [0.3, 0.4) is 0 Å². The second-order valence-electron chi connectivity index (χ2n) is 6.64. The van der Waals surface area contributed by atoms with Crippen LogP contribution in [0.4, 0.5) is 0 Å². The number of benzene rings is 1. The molecule has 0 aliphatic heterocycles. The number of allylic oxidation sites excluding steroid dienone is 1. The number of fused-ring (bicyclic) bond motifs is 2. The third-order valence-corrected chi connectivity index (χ3v) is 4.80. The van der Waals surface area contributed by atoms with Crippen molar-refractivity contribution in [3.8, 4) is 0 Å². The molecule has 0 unspecified atom stereocenters. The van der Waals surface area contributed by atoms with Crippen LogP contribution >= 0.6 is 0 Å². The summed E-state index contributed by atoms with van der Waals surface area (Å²) in [6, 6.07) is 9.60. The number of ether oxygens (including phenoxy) is 1. The largest absolute Gasteiger partial charge is 0.459 e. The van der Waals surface area contributed by atoms with E-state index in [1.54, 1.807) is 6.20 Å². The van der Waals surface area contributed by atoms with E-state index in [-0.39, 0.29) is 18.1 Å². The number of rotatable bonds is 5. The lowest BCUT2D eigenvalue weighted by atomic mass is 9.95. The van der Waals surface area contributed by atoms with Gasteiger partial charge in [-0.3, -0.25) is 14.8 Å². The highest BCUT2D eigenvalue weighted by atomic mass is 16.5. The molecule has 0 atom stereocenters. The normalized spacial score (nSPS) is 12.7. The predicted molar refractivity (Wildman–Crippen MR) is 110 cm³/mol. The van der Waals surface area contributed by atoms with Crippen LogP contribution in [-0.4, -0.2) is 44.8 Å². The van der Waals surface area contributed by atoms with Crippen LogP contribution in [0.5, 0.6) is 0 Å². The number of ketones is 1. The molecule has 1 N–H and O–H groups in total. The first kappa shape index (κ1) is 17.9. The van der Waals surface area contributed by atoms with E-state index in [2.05, 4.69) is 25.3 Å². The minimum Gasteiger partial charge on any atom is -0.459 e. The quantitative estimate of drug-likeness (QED) is 0.311. The molecule has 1 aliphatic carbocycles. The smallest absolute Gasteiger partial charge is 0.358 e. The Bertz CT molecular complexity index is 1330. The Balaban J connectivity index is 1.39. The van der Waals surface area contributed by atoms with E-state index < -0.39 is 5.97 Å². The minimum atomic E-state index is -0.556. The van der Waals surface area contributed by atoms with Crippen molar-refractivity contribution >= 4 is 39.1 Å². The topological polar surface area (TPSA) is 107 Å². The predicted octanol–water partition coefficient (Wildman–Crippen LogP) is 2.56. The SMILES string of the molecule is O=C(OCCNC1=CC(=O)c2nc3ccccc3c3ccnc1c23)c1cnccn1. The molecule has 8 nitrogen and oxygen atoms in total. The van der Waals surface area contributed by atoms with Gasteiger partial charge in [-0.1, -0.05) is 18.2 Å². The van der Waals surface area contributed by atoms with E-state index in [4.69, 9.17) is 4.74 Å². The molecular formula is C22H15N5O3. The van der Waals surface area contributed by atoms with E-state index >= 15 is 0 Å². The van der Waals surface area contributed by atoms with Gasteiger partial charge in [0.05, 0.1) is 23.1 Å². The van der Waals surface area contributed by atoms with Crippen molar-refractivity contribution in [1.29, 1.82) is 0 Å². The Morgan fingerprint density at radius 3 is 2.77 bits per heavy atom. The molecule has 5 rings (SSSR count). The van der Waals surface area contributed by atoms with Gasteiger partial charge >= 0.3 is 5.97 Å². The first-order valence-electron chi connectivity index (χ1n) is 9.33. The van der Waals surface area contributed by atoms with Crippen molar-refractivity contribution in [3.63, 3.8) is 0 Å². The van der Waals surface area contributed by atoms with Crippen LogP contribution in [0.1, 0.15) is 26.7 Å². The monoisotopic (exact) mass is 397 g/mol. The molecule has 146 valence electrons. The molecule has 0 saturated heterocycles. The molecule has 4 aromatic rings. The van der Waals surface area contributed by atoms with Crippen molar-refractivity contribution in [2.75, 3.05) is 13.2 Å². The number of nitrogens with one attached hydrogen (secondary N) is 1. The van der Waals surface area contributed by atoms with Gasteiger partial charge in [0.25, 0.3) is 0 Å². The Morgan fingerprint density at radius 1 is 1.00 bits per heavy atom. The number of carbonyl (C=O) groups excluding carboxylic acids is 2. The Labute approximate surface area is 170 Å². The van der Waals surface area contributed by atoms with Crippen molar-refractivity contribution < 1.29 is 14.3 Å². The number of nitrogens with zero attached hydrogens (tertiary/aromatic N) is 4. The molecule has 3 heterocycles. The van der Waals surface area contributed by atoms with Crippen molar-refractivity contribution in [3.05, 3.63) is 78.3 Å². The molecular weight excluding hydrogens is 382 g/mol. The van der Waals surface area contributed by atoms with Gasteiger partial charge in [-0.2, -0.15) is 0 Å². The van der Waals surface area contributed by atoms with Crippen LogP contribution in [0.15, 0.2) is 61.2 Å². The van der Waals surface area contributed by atoms with Gasteiger partial charge in [-0.15, -0.1) is 0 Å². The average Bonchev–Trinajstić information content (AvgIpc) is 2.80. The third kappa shape index (κ3) is 3.04. The second-order valence-corrected chi connectivity index (χ2v) is 6.64. The van der Waals surface area contributed by atoms with Crippen molar-refractivity contribution in [2.24, 2.45) is 0 Å². The van der Waals surface area contributed by atoms with E-state index in [1.807, 2.05) is 30.3 Å². The van der Waals surface area contributed by atoms with Crippen LogP contribution in [0.25, 0.3) is 27.4 Å². The van der Waals surface area contributed by atoms with Crippen LogP contribution < -0.4 is 5.32 Å². The summed E-state index contributed by atoms with van der Waals surface area (Å²) in [6.45, 7) is 0.402. The molecule has 0 spiro atoms. The summed E-state index contributed by atoms with van der Waals surface area (Å²) >= 11 is 0. The fourth-order valence-electron chi connectivity index (χ4n) is 3.49. The number of esters is 1. The molecule has 30 heavy (non-hydrogen) atoms. The molecule has 0 amide bonds.